The smallest absolute Gasteiger partial charge is 0.318 e. The minimum absolute atomic E-state index is 0.527. The van der Waals surface area contributed by atoms with Crippen molar-refractivity contribution in [3.8, 4) is 0 Å². The highest BCUT2D eigenvalue weighted by Gasteiger charge is 2.12. The second kappa shape index (κ2) is 7.86. The molecule has 2 amide bonds. The van der Waals surface area contributed by atoms with Gasteiger partial charge in [-0.1, -0.05) is 44.0 Å². The molecule has 2 aromatic rings. The predicted octanol–water partition coefficient (Wildman–Crippen LogP) is 3.30. The van der Waals surface area contributed by atoms with E-state index in [1.807, 2.05) is 24.3 Å². The number of hydrazone groups is 1. The van der Waals surface area contributed by atoms with Gasteiger partial charge in [0, 0.05) is 14.6 Å². The Morgan fingerprint density at radius 2 is 1.68 bits per heavy atom. The molecular formula is C15H11Br2N3O2. The average molecular weight is 425 g/mol. The normalized spacial score (nSPS) is 10.5. The van der Waals surface area contributed by atoms with Crippen LogP contribution in [0.1, 0.15) is 5.56 Å². The first-order valence-corrected chi connectivity index (χ1v) is 7.79. The van der Waals surface area contributed by atoms with Gasteiger partial charge in [0.2, 0.25) is 0 Å². The summed E-state index contributed by atoms with van der Waals surface area (Å²) in [6.45, 7) is 0. The molecule has 0 saturated carbocycles. The fraction of sp³-hybridized carbons (Fsp3) is 0. The summed E-state index contributed by atoms with van der Waals surface area (Å²) in [6, 6.07) is 14.3. The van der Waals surface area contributed by atoms with Gasteiger partial charge in [0.1, 0.15) is 0 Å². The number of halogens is 2. The highest BCUT2D eigenvalue weighted by Crippen LogP contribution is 2.13. The molecule has 0 spiro atoms. The van der Waals surface area contributed by atoms with Crippen molar-refractivity contribution in [1.82, 2.24) is 5.43 Å². The van der Waals surface area contributed by atoms with Gasteiger partial charge in [0.05, 0.1) is 6.21 Å². The average Bonchev–Trinajstić information content (AvgIpc) is 2.49. The van der Waals surface area contributed by atoms with Crippen LogP contribution in [-0.4, -0.2) is 18.0 Å². The van der Waals surface area contributed by atoms with Crippen LogP contribution in [0, 0.1) is 0 Å². The van der Waals surface area contributed by atoms with Gasteiger partial charge in [-0.25, -0.2) is 5.43 Å². The van der Waals surface area contributed by atoms with E-state index in [9.17, 15) is 9.59 Å². The van der Waals surface area contributed by atoms with Crippen LogP contribution in [0.15, 0.2) is 62.6 Å². The van der Waals surface area contributed by atoms with Gasteiger partial charge in [0.25, 0.3) is 0 Å². The van der Waals surface area contributed by atoms with Crippen LogP contribution in [0.3, 0.4) is 0 Å². The molecule has 0 bridgehead atoms. The van der Waals surface area contributed by atoms with Crippen LogP contribution in [0.25, 0.3) is 0 Å². The minimum Gasteiger partial charge on any atom is -0.318 e. The molecule has 112 valence electrons. The molecule has 0 aromatic heterocycles. The van der Waals surface area contributed by atoms with E-state index in [0.717, 1.165) is 14.5 Å². The van der Waals surface area contributed by atoms with Crippen LogP contribution in [-0.2, 0) is 9.59 Å². The van der Waals surface area contributed by atoms with E-state index in [4.69, 9.17) is 0 Å². The first-order chi connectivity index (χ1) is 10.5. The molecule has 2 rings (SSSR count). The first-order valence-electron chi connectivity index (χ1n) is 6.20. The van der Waals surface area contributed by atoms with E-state index < -0.39 is 11.8 Å². The van der Waals surface area contributed by atoms with Crippen molar-refractivity contribution in [3.63, 3.8) is 0 Å². The second-order valence-corrected chi connectivity index (χ2v) is 6.05. The number of benzene rings is 2. The number of carbonyl (C=O) groups excluding carboxylic acids is 2. The van der Waals surface area contributed by atoms with Crippen LogP contribution in [0.4, 0.5) is 5.69 Å². The Morgan fingerprint density at radius 1 is 0.955 bits per heavy atom. The third-order valence-electron chi connectivity index (χ3n) is 2.54. The van der Waals surface area contributed by atoms with Crippen molar-refractivity contribution in [2.75, 3.05) is 5.32 Å². The molecule has 0 aliphatic carbocycles. The predicted molar refractivity (Wildman–Crippen MR) is 92.7 cm³/mol. The fourth-order valence-electron chi connectivity index (χ4n) is 1.52. The molecular weight excluding hydrogens is 414 g/mol. The molecule has 0 fully saturated rings. The molecule has 0 unspecified atom stereocenters. The van der Waals surface area contributed by atoms with E-state index in [-0.39, 0.29) is 0 Å². The number of hydrogen-bond acceptors (Lipinski definition) is 3. The standard InChI is InChI=1S/C15H11Br2N3O2/c16-11-4-6-13(7-5-11)19-14(21)15(22)20-18-9-10-2-1-3-12(17)8-10/h1-9H,(H,19,21)(H,20,22)/b18-9+. The van der Waals surface area contributed by atoms with Crippen molar-refractivity contribution in [2.24, 2.45) is 5.10 Å². The maximum Gasteiger partial charge on any atom is 0.329 e. The Balaban J connectivity index is 1.89. The van der Waals surface area contributed by atoms with Crippen molar-refractivity contribution < 1.29 is 9.59 Å². The van der Waals surface area contributed by atoms with Gasteiger partial charge in [-0.3, -0.25) is 9.59 Å². The molecule has 0 saturated heterocycles. The summed E-state index contributed by atoms with van der Waals surface area (Å²) in [7, 11) is 0. The van der Waals surface area contributed by atoms with Crippen molar-refractivity contribution in [2.45, 2.75) is 0 Å². The van der Waals surface area contributed by atoms with Gasteiger partial charge < -0.3 is 5.32 Å². The minimum atomic E-state index is -0.839. The Hall–Kier alpha value is -1.99. The maximum absolute atomic E-state index is 11.7. The number of carbonyl (C=O) groups is 2. The summed E-state index contributed by atoms with van der Waals surface area (Å²) in [4.78, 5) is 23.3. The number of anilines is 1. The highest BCUT2D eigenvalue weighted by atomic mass is 79.9. The summed E-state index contributed by atoms with van der Waals surface area (Å²) < 4.78 is 1.78. The molecule has 5 nitrogen and oxygen atoms in total. The molecule has 0 aliphatic heterocycles. The molecule has 0 heterocycles. The van der Waals surface area contributed by atoms with Crippen LogP contribution < -0.4 is 10.7 Å². The maximum atomic E-state index is 11.7. The molecule has 2 N–H and O–H groups in total. The largest absolute Gasteiger partial charge is 0.329 e. The topological polar surface area (TPSA) is 70.6 Å². The van der Waals surface area contributed by atoms with E-state index in [1.54, 1.807) is 24.3 Å². The Kier molecular flexibility index (Phi) is 5.85. The van der Waals surface area contributed by atoms with Crippen LogP contribution in [0.5, 0.6) is 0 Å². The lowest BCUT2D eigenvalue weighted by atomic mass is 10.2. The quantitative estimate of drug-likeness (QED) is 0.450. The van der Waals surface area contributed by atoms with Crippen molar-refractivity contribution >= 4 is 55.6 Å². The lowest BCUT2D eigenvalue weighted by Gasteiger charge is -2.03. The van der Waals surface area contributed by atoms with Gasteiger partial charge in [-0.2, -0.15) is 5.10 Å². The van der Waals surface area contributed by atoms with Gasteiger partial charge >= 0.3 is 11.8 Å². The number of hydrogen-bond donors (Lipinski definition) is 2. The van der Waals surface area contributed by atoms with Gasteiger partial charge in [-0.05, 0) is 42.0 Å². The summed E-state index contributed by atoms with van der Waals surface area (Å²) >= 11 is 6.62. The number of rotatable bonds is 3. The molecule has 2 aromatic carbocycles. The van der Waals surface area contributed by atoms with Crippen LogP contribution >= 0.6 is 31.9 Å². The zero-order valence-corrected chi connectivity index (χ0v) is 14.4. The lowest BCUT2D eigenvalue weighted by molar-refractivity contribution is -0.136. The number of nitrogens with zero attached hydrogens (tertiary/aromatic N) is 1. The van der Waals surface area contributed by atoms with Crippen molar-refractivity contribution in [3.05, 3.63) is 63.0 Å². The van der Waals surface area contributed by atoms with E-state index >= 15 is 0 Å². The molecule has 7 heteroatoms. The second-order valence-electron chi connectivity index (χ2n) is 4.22. The third-order valence-corrected chi connectivity index (χ3v) is 3.56. The zero-order chi connectivity index (χ0) is 15.9. The van der Waals surface area contributed by atoms with E-state index in [2.05, 4.69) is 47.7 Å². The highest BCUT2D eigenvalue weighted by molar-refractivity contribution is 9.10. The van der Waals surface area contributed by atoms with Gasteiger partial charge in [-0.15, -0.1) is 0 Å². The Morgan fingerprint density at radius 3 is 2.36 bits per heavy atom. The number of nitrogens with one attached hydrogen (secondary N) is 2. The van der Waals surface area contributed by atoms with Crippen molar-refractivity contribution in [1.29, 1.82) is 0 Å². The Bertz CT molecular complexity index is 715. The molecule has 0 atom stereocenters. The SMILES string of the molecule is O=C(N/N=C/c1cccc(Br)c1)C(=O)Nc1ccc(Br)cc1. The molecule has 0 radical (unpaired) electrons. The summed E-state index contributed by atoms with van der Waals surface area (Å²) in [6.07, 6.45) is 1.45. The third kappa shape index (κ3) is 5.09. The summed E-state index contributed by atoms with van der Waals surface area (Å²) in [5.74, 6) is -1.62. The molecule has 22 heavy (non-hydrogen) atoms. The van der Waals surface area contributed by atoms with E-state index in [1.165, 1.54) is 6.21 Å². The van der Waals surface area contributed by atoms with E-state index in [0.29, 0.717) is 5.69 Å². The summed E-state index contributed by atoms with van der Waals surface area (Å²) in [5, 5.41) is 6.22. The van der Waals surface area contributed by atoms with Gasteiger partial charge in [0.15, 0.2) is 0 Å². The van der Waals surface area contributed by atoms with Crippen LogP contribution in [0.2, 0.25) is 0 Å². The fourth-order valence-corrected chi connectivity index (χ4v) is 2.21. The Labute approximate surface area is 144 Å². The lowest BCUT2D eigenvalue weighted by Crippen LogP contribution is -2.32. The first kappa shape index (κ1) is 16.4. The summed E-state index contributed by atoms with van der Waals surface area (Å²) in [5.41, 5.74) is 3.50. The monoisotopic (exact) mass is 423 g/mol. The molecule has 0 aliphatic rings. The zero-order valence-electron chi connectivity index (χ0n) is 11.2. The number of amides is 2.